The highest BCUT2D eigenvalue weighted by atomic mass is 16.5. The summed E-state index contributed by atoms with van der Waals surface area (Å²) < 4.78 is 20.7. The topological polar surface area (TPSA) is 116 Å². The number of hydrogen-bond donors (Lipinski definition) is 2. The van der Waals surface area contributed by atoms with Crippen LogP contribution in [-0.2, 0) is 9.53 Å². The Morgan fingerprint density at radius 2 is 1.73 bits per heavy atom. The van der Waals surface area contributed by atoms with Crippen molar-refractivity contribution < 1.29 is 33.0 Å². The van der Waals surface area contributed by atoms with Crippen LogP contribution in [0.5, 0.6) is 11.5 Å². The summed E-state index contributed by atoms with van der Waals surface area (Å²) in [5.41, 5.74) is 0.118. The van der Waals surface area contributed by atoms with E-state index in [0.717, 1.165) is 0 Å². The summed E-state index contributed by atoms with van der Waals surface area (Å²) in [6, 6.07) is 5.77. The van der Waals surface area contributed by atoms with Crippen molar-refractivity contribution in [2.24, 2.45) is 5.92 Å². The molecule has 2 N–H and O–H groups in total. The molecule has 9 heteroatoms. The minimum Gasteiger partial charge on any atom is -0.493 e. The molecule has 0 fully saturated rings. The van der Waals surface area contributed by atoms with Gasteiger partial charge in [-0.05, 0) is 25.0 Å². The van der Waals surface area contributed by atoms with E-state index in [1.165, 1.54) is 38.7 Å². The van der Waals surface area contributed by atoms with Crippen molar-refractivity contribution in [3.05, 3.63) is 41.9 Å². The number of esters is 1. The van der Waals surface area contributed by atoms with Crippen molar-refractivity contribution in [3.63, 3.8) is 0 Å². The maximum Gasteiger partial charge on any atom is 0.340 e. The normalized spacial score (nSPS) is 11.5. The number of rotatable bonds is 9. The number of furan rings is 1. The van der Waals surface area contributed by atoms with Gasteiger partial charge in [0.15, 0.2) is 23.9 Å². The zero-order valence-corrected chi connectivity index (χ0v) is 17.6. The molecular weight excluding hydrogens is 392 g/mol. The van der Waals surface area contributed by atoms with Gasteiger partial charge in [0.25, 0.3) is 11.8 Å². The highest BCUT2D eigenvalue weighted by Crippen LogP contribution is 2.34. The Morgan fingerprint density at radius 1 is 1.07 bits per heavy atom. The summed E-state index contributed by atoms with van der Waals surface area (Å²) in [6.45, 7) is 5.33. The van der Waals surface area contributed by atoms with Crippen LogP contribution in [0.25, 0.3) is 0 Å². The van der Waals surface area contributed by atoms with Crippen molar-refractivity contribution in [1.82, 2.24) is 5.32 Å². The molecule has 2 aromatic rings. The molecule has 0 unspecified atom stereocenters. The Balaban J connectivity index is 2.22. The molecule has 2 rings (SSSR count). The maximum absolute atomic E-state index is 12.7. The predicted molar refractivity (Wildman–Crippen MR) is 109 cm³/mol. The largest absolute Gasteiger partial charge is 0.493 e. The first-order valence-electron chi connectivity index (χ1n) is 9.34. The van der Waals surface area contributed by atoms with E-state index < -0.39 is 24.4 Å². The predicted octanol–water partition coefficient (Wildman–Crippen LogP) is 2.87. The molecular formula is C21H26N2O7. The Labute approximate surface area is 174 Å². The van der Waals surface area contributed by atoms with Gasteiger partial charge in [-0.1, -0.05) is 13.8 Å². The number of nitrogens with one attached hydrogen (secondary N) is 2. The second-order valence-electron chi connectivity index (χ2n) is 6.86. The van der Waals surface area contributed by atoms with E-state index in [9.17, 15) is 14.4 Å². The average molecular weight is 418 g/mol. The van der Waals surface area contributed by atoms with Gasteiger partial charge in [0.2, 0.25) is 0 Å². The smallest absolute Gasteiger partial charge is 0.340 e. The molecule has 0 aliphatic rings. The van der Waals surface area contributed by atoms with E-state index in [0.29, 0.717) is 5.75 Å². The van der Waals surface area contributed by atoms with Crippen molar-refractivity contribution in [2.75, 3.05) is 26.1 Å². The summed E-state index contributed by atoms with van der Waals surface area (Å²) >= 11 is 0. The van der Waals surface area contributed by atoms with Crippen LogP contribution in [0.1, 0.15) is 41.7 Å². The second kappa shape index (κ2) is 10.3. The van der Waals surface area contributed by atoms with Crippen molar-refractivity contribution >= 4 is 23.5 Å². The lowest BCUT2D eigenvalue weighted by Crippen LogP contribution is -2.38. The number of anilines is 1. The molecule has 0 spiro atoms. The Hall–Kier alpha value is -3.49. The molecule has 0 saturated heterocycles. The number of carbonyl (C=O) groups is 3. The van der Waals surface area contributed by atoms with Gasteiger partial charge in [-0.2, -0.15) is 0 Å². The molecule has 162 valence electrons. The van der Waals surface area contributed by atoms with E-state index in [4.69, 9.17) is 18.6 Å². The van der Waals surface area contributed by atoms with Crippen LogP contribution in [0.4, 0.5) is 5.69 Å². The minimum atomic E-state index is -0.807. The molecule has 9 nitrogen and oxygen atoms in total. The molecule has 1 aromatic carbocycles. The molecule has 0 radical (unpaired) electrons. The van der Waals surface area contributed by atoms with Crippen LogP contribution >= 0.6 is 0 Å². The summed E-state index contributed by atoms with van der Waals surface area (Å²) in [4.78, 5) is 37.0. The number of methoxy groups -OCH3 is 2. The van der Waals surface area contributed by atoms with Crippen LogP contribution in [0.15, 0.2) is 34.9 Å². The van der Waals surface area contributed by atoms with Crippen molar-refractivity contribution in [2.45, 2.75) is 26.8 Å². The van der Waals surface area contributed by atoms with Gasteiger partial charge in [-0.15, -0.1) is 0 Å². The molecule has 0 bridgehead atoms. The first-order valence-corrected chi connectivity index (χ1v) is 9.34. The van der Waals surface area contributed by atoms with E-state index in [2.05, 4.69) is 10.6 Å². The Kier molecular flexibility index (Phi) is 7.85. The summed E-state index contributed by atoms with van der Waals surface area (Å²) in [5.74, 6) is -0.940. The van der Waals surface area contributed by atoms with Crippen LogP contribution in [0.2, 0.25) is 0 Å². The van der Waals surface area contributed by atoms with E-state index in [-0.39, 0.29) is 34.7 Å². The number of carbonyl (C=O) groups excluding carboxylic acids is 3. The number of amides is 2. The number of benzene rings is 1. The lowest BCUT2D eigenvalue weighted by molar-refractivity contribution is -0.125. The fraction of sp³-hybridized carbons (Fsp3) is 0.381. The Morgan fingerprint density at radius 3 is 2.30 bits per heavy atom. The fourth-order valence-electron chi connectivity index (χ4n) is 2.41. The van der Waals surface area contributed by atoms with Crippen LogP contribution in [0, 0.1) is 5.92 Å². The zero-order valence-electron chi connectivity index (χ0n) is 17.6. The van der Waals surface area contributed by atoms with Gasteiger partial charge < -0.3 is 29.3 Å². The van der Waals surface area contributed by atoms with Gasteiger partial charge >= 0.3 is 5.97 Å². The van der Waals surface area contributed by atoms with E-state index in [1.54, 1.807) is 6.07 Å². The maximum atomic E-state index is 12.7. The highest BCUT2D eigenvalue weighted by Gasteiger charge is 2.22. The quantitative estimate of drug-likeness (QED) is 0.602. The van der Waals surface area contributed by atoms with Crippen LogP contribution in [0.3, 0.4) is 0 Å². The second-order valence-corrected chi connectivity index (χ2v) is 6.86. The molecule has 1 heterocycles. The molecule has 1 atom stereocenters. The first-order chi connectivity index (χ1) is 14.3. The lowest BCUT2D eigenvalue weighted by atomic mass is 10.1. The monoisotopic (exact) mass is 418 g/mol. The van der Waals surface area contributed by atoms with Crippen molar-refractivity contribution in [1.29, 1.82) is 0 Å². The third-order valence-corrected chi connectivity index (χ3v) is 4.46. The third-order valence-electron chi connectivity index (χ3n) is 4.46. The Bertz CT molecular complexity index is 891. The zero-order chi connectivity index (χ0) is 22.3. The SMILES string of the molecule is COc1cc(NC(=O)c2ccco2)c(C(=O)OCC(=O)N[C@@H](C)C(C)C)cc1OC. The first kappa shape index (κ1) is 22.8. The van der Waals surface area contributed by atoms with Gasteiger partial charge in [0, 0.05) is 18.2 Å². The minimum absolute atomic E-state index is 0.00253. The summed E-state index contributed by atoms with van der Waals surface area (Å²) in [6.07, 6.45) is 1.36. The molecule has 2 amide bonds. The third kappa shape index (κ3) is 5.76. The molecule has 0 aliphatic carbocycles. The standard InChI is InChI=1S/C21H26N2O7/c1-12(2)13(3)22-19(24)11-30-21(26)14-9-17(27-4)18(28-5)10-15(14)23-20(25)16-7-6-8-29-16/h6-10,12-13H,11H2,1-5H3,(H,22,24)(H,23,25)/t13-/m0/s1. The summed E-state index contributed by atoms with van der Waals surface area (Å²) in [5, 5.41) is 5.33. The fourth-order valence-corrected chi connectivity index (χ4v) is 2.41. The van der Waals surface area contributed by atoms with Gasteiger partial charge in [0.1, 0.15) is 0 Å². The van der Waals surface area contributed by atoms with Gasteiger partial charge in [-0.3, -0.25) is 9.59 Å². The summed E-state index contributed by atoms with van der Waals surface area (Å²) in [7, 11) is 2.84. The van der Waals surface area contributed by atoms with E-state index in [1.807, 2.05) is 20.8 Å². The van der Waals surface area contributed by atoms with Crippen LogP contribution < -0.4 is 20.1 Å². The van der Waals surface area contributed by atoms with Crippen molar-refractivity contribution in [3.8, 4) is 11.5 Å². The molecule has 1 aromatic heterocycles. The molecule has 0 aliphatic heterocycles. The molecule has 0 saturated carbocycles. The average Bonchev–Trinajstić information content (AvgIpc) is 3.26. The van der Waals surface area contributed by atoms with Gasteiger partial charge in [-0.25, -0.2) is 4.79 Å². The lowest BCUT2D eigenvalue weighted by Gasteiger charge is -2.18. The number of ether oxygens (including phenoxy) is 3. The van der Waals surface area contributed by atoms with Gasteiger partial charge in [0.05, 0.1) is 31.7 Å². The highest BCUT2D eigenvalue weighted by molar-refractivity contribution is 6.07. The number of hydrogen-bond acceptors (Lipinski definition) is 7. The van der Waals surface area contributed by atoms with E-state index >= 15 is 0 Å². The van der Waals surface area contributed by atoms with Crippen LogP contribution in [-0.4, -0.2) is 44.7 Å². The molecule has 30 heavy (non-hydrogen) atoms.